The third-order valence-electron chi connectivity index (χ3n) is 3.80. The van der Waals surface area contributed by atoms with Crippen molar-refractivity contribution < 1.29 is 9.26 Å². The molecule has 3 rings (SSSR count). The van der Waals surface area contributed by atoms with E-state index in [0.717, 1.165) is 40.4 Å². The van der Waals surface area contributed by atoms with Crippen molar-refractivity contribution in [2.45, 2.75) is 32.0 Å². The van der Waals surface area contributed by atoms with Crippen molar-refractivity contribution >= 4 is 11.8 Å². The largest absolute Gasteiger partial charge is 0.486 e. The zero-order valence-electron chi connectivity index (χ0n) is 14.0. The number of para-hydroxylation sites is 1. The van der Waals surface area contributed by atoms with Crippen LogP contribution < -0.4 is 4.74 Å². The molecule has 0 aliphatic carbocycles. The van der Waals surface area contributed by atoms with Gasteiger partial charge in [-0.05, 0) is 32.4 Å². The average molecular weight is 344 g/mol. The van der Waals surface area contributed by atoms with E-state index in [1.807, 2.05) is 55.8 Å². The fourth-order valence-electron chi connectivity index (χ4n) is 2.36. The molecule has 0 aliphatic rings. The number of aryl methyl sites for hydroxylation is 2. The van der Waals surface area contributed by atoms with Crippen molar-refractivity contribution in [2.24, 2.45) is 7.05 Å². The van der Waals surface area contributed by atoms with Crippen molar-refractivity contribution in [2.75, 3.05) is 5.75 Å². The molecule has 7 heteroatoms. The topological polar surface area (TPSA) is 66.0 Å². The predicted molar refractivity (Wildman–Crippen MR) is 92.2 cm³/mol. The van der Waals surface area contributed by atoms with Crippen LogP contribution in [0.4, 0.5) is 0 Å². The molecule has 0 bridgehead atoms. The van der Waals surface area contributed by atoms with Gasteiger partial charge in [0.2, 0.25) is 0 Å². The van der Waals surface area contributed by atoms with Gasteiger partial charge >= 0.3 is 0 Å². The van der Waals surface area contributed by atoms with E-state index in [2.05, 4.69) is 15.4 Å². The lowest BCUT2D eigenvalue weighted by Gasteiger charge is -2.06. The molecule has 0 atom stereocenters. The van der Waals surface area contributed by atoms with Gasteiger partial charge in [-0.3, -0.25) is 0 Å². The Kier molecular flexibility index (Phi) is 5.20. The first-order valence-electron chi connectivity index (χ1n) is 7.76. The normalized spacial score (nSPS) is 11.0. The van der Waals surface area contributed by atoms with E-state index in [1.54, 1.807) is 11.8 Å². The molecule has 2 aromatic heterocycles. The molecule has 0 saturated heterocycles. The van der Waals surface area contributed by atoms with Gasteiger partial charge in [-0.15, -0.1) is 10.2 Å². The quantitative estimate of drug-likeness (QED) is 0.613. The van der Waals surface area contributed by atoms with Crippen molar-refractivity contribution in [1.29, 1.82) is 0 Å². The molecule has 3 aromatic rings. The van der Waals surface area contributed by atoms with E-state index >= 15 is 0 Å². The minimum Gasteiger partial charge on any atom is -0.486 e. The number of hydrogen-bond acceptors (Lipinski definition) is 6. The SMILES string of the molecule is Cc1noc(C)c1CCSc1nnc(COc2ccccc2)n1C. The molecule has 0 aliphatic heterocycles. The van der Waals surface area contributed by atoms with Gasteiger partial charge in [0, 0.05) is 18.4 Å². The summed E-state index contributed by atoms with van der Waals surface area (Å²) in [5.41, 5.74) is 2.14. The number of rotatable bonds is 7. The molecule has 0 saturated carbocycles. The van der Waals surface area contributed by atoms with Crippen molar-refractivity contribution in [3.8, 4) is 5.75 Å². The molecule has 24 heavy (non-hydrogen) atoms. The summed E-state index contributed by atoms with van der Waals surface area (Å²) in [5.74, 6) is 3.42. The zero-order chi connectivity index (χ0) is 16.9. The highest BCUT2D eigenvalue weighted by atomic mass is 32.2. The van der Waals surface area contributed by atoms with Crippen LogP contribution in [0.5, 0.6) is 5.75 Å². The fourth-order valence-corrected chi connectivity index (χ4v) is 3.25. The minimum atomic E-state index is 0.401. The smallest absolute Gasteiger partial charge is 0.191 e. The van der Waals surface area contributed by atoms with E-state index in [-0.39, 0.29) is 0 Å². The average Bonchev–Trinajstić information content (AvgIpc) is 3.11. The Labute approximate surface area is 145 Å². The van der Waals surface area contributed by atoms with Crippen LogP contribution in [0.1, 0.15) is 22.8 Å². The Hall–Kier alpha value is -2.28. The van der Waals surface area contributed by atoms with E-state index in [4.69, 9.17) is 9.26 Å². The third kappa shape index (κ3) is 3.79. The summed E-state index contributed by atoms with van der Waals surface area (Å²) in [6, 6.07) is 9.71. The van der Waals surface area contributed by atoms with Gasteiger partial charge in [-0.1, -0.05) is 35.1 Å². The van der Waals surface area contributed by atoms with Gasteiger partial charge < -0.3 is 13.8 Å². The maximum atomic E-state index is 5.73. The molecule has 0 radical (unpaired) electrons. The van der Waals surface area contributed by atoms with E-state index in [9.17, 15) is 0 Å². The molecule has 0 spiro atoms. The Morgan fingerprint density at radius 2 is 1.96 bits per heavy atom. The van der Waals surface area contributed by atoms with Crippen molar-refractivity contribution in [1.82, 2.24) is 19.9 Å². The van der Waals surface area contributed by atoms with Crippen LogP contribution in [0.15, 0.2) is 40.0 Å². The summed E-state index contributed by atoms with van der Waals surface area (Å²) in [6.07, 6.45) is 0.897. The second-order valence-corrected chi connectivity index (χ2v) is 6.52. The van der Waals surface area contributed by atoms with Gasteiger partial charge in [0.05, 0.1) is 5.69 Å². The van der Waals surface area contributed by atoms with E-state index in [1.165, 1.54) is 5.56 Å². The molecule has 0 N–H and O–H groups in total. The molecule has 2 heterocycles. The summed E-state index contributed by atoms with van der Waals surface area (Å²) >= 11 is 1.67. The summed E-state index contributed by atoms with van der Waals surface area (Å²) in [6.45, 7) is 4.32. The minimum absolute atomic E-state index is 0.401. The summed E-state index contributed by atoms with van der Waals surface area (Å²) < 4.78 is 12.9. The van der Waals surface area contributed by atoms with Gasteiger partial charge in [0.1, 0.15) is 18.1 Å². The molecule has 0 unspecified atom stereocenters. The highest BCUT2D eigenvalue weighted by Crippen LogP contribution is 2.21. The highest BCUT2D eigenvalue weighted by molar-refractivity contribution is 7.99. The van der Waals surface area contributed by atoms with Gasteiger partial charge in [-0.2, -0.15) is 0 Å². The summed E-state index contributed by atoms with van der Waals surface area (Å²) in [5, 5.41) is 13.3. The monoisotopic (exact) mass is 344 g/mol. The Balaban J connectivity index is 1.55. The molecular formula is C17H20N4O2S. The number of nitrogens with zero attached hydrogens (tertiary/aromatic N) is 4. The first-order chi connectivity index (χ1) is 11.6. The van der Waals surface area contributed by atoms with Gasteiger partial charge in [0.25, 0.3) is 0 Å². The molecular weight excluding hydrogens is 324 g/mol. The number of thioether (sulfide) groups is 1. The number of benzene rings is 1. The van der Waals surface area contributed by atoms with Crippen molar-refractivity contribution in [3.63, 3.8) is 0 Å². The van der Waals surface area contributed by atoms with E-state index < -0.39 is 0 Å². The Morgan fingerprint density at radius 3 is 2.67 bits per heavy atom. The standard InChI is InChI=1S/C17H20N4O2S/c1-12-15(13(2)23-20-12)9-10-24-17-19-18-16(21(17)3)11-22-14-7-5-4-6-8-14/h4-8H,9-11H2,1-3H3. The zero-order valence-corrected chi connectivity index (χ0v) is 14.8. The van der Waals surface area contributed by atoms with Gasteiger partial charge in [0.15, 0.2) is 11.0 Å². The lowest BCUT2D eigenvalue weighted by atomic mass is 10.1. The maximum absolute atomic E-state index is 5.73. The lowest BCUT2D eigenvalue weighted by Crippen LogP contribution is -2.04. The second kappa shape index (κ2) is 7.53. The van der Waals surface area contributed by atoms with Crippen LogP contribution in [0, 0.1) is 13.8 Å². The van der Waals surface area contributed by atoms with Crippen molar-refractivity contribution in [3.05, 3.63) is 53.2 Å². The number of ether oxygens (including phenoxy) is 1. The van der Waals surface area contributed by atoms with Crippen LogP contribution in [-0.2, 0) is 20.1 Å². The first kappa shape index (κ1) is 16.6. The molecule has 126 valence electrons. The van der Waals surface area contributed by atoms with E-state index in [0.29, 0.717) is 6.61 Å². The van der Waals surface area contributed by atoms with Crippen LogP contribution in [0.2, 0.25) is 0 Å². The van der Waals surface area contributed by atoms with Crippen LogP contribution in [-0.4, -0.2) is 25.7 Å². The first-order valence-corrected chi connectivity index (χ1v) is 8.74. The Bertz CT molecular complexity index is 779. The summed E-state index contributed by atoms with van der Waals surface area (Å²) in [7, 11) is 1.96. The lowest BCUT2D eigenvalue weighted by molar-refractivity contribution is 0.290. The molecule has 1 aromatic carbocycles. The van der Waals surface area contributed by atoms with Crippen LogP contribution in [0.3, 0.4) is 0 Å². The molecule has 0 amide bonds. The predicted octanol–water partition coefficient (Wildman–Crippen LogP) is 3.33. The molecule has 0 fully saturated rings. The third-order valence-corrected chi connectivity index (χ3v) is 4.82. The summed E-state index contributed by atoms with van der Waals surface area (Å²) in [4.78, 5) is 0. The van der Waals surface area contributed by atoms with Crippen LogP contribution in [0.25, 0.3) is 0 Å². The fraction of sp³-hybridized carbons (Fsp3) is 0.353. The van der Waals surface area contributed by atoms with Crippen LogP contribution >= 0.6 is 11.8 Å². The highest BCUT2D eigenvalue weighted by Gasteiger charge is 2.12. The molecule has 6 nitrogen and oxygen atoms in total. The second-order valence-electron chi connectivity index (χ2n) is 5.46. The maximum Gasteiger partial charge on any atom is 0.191 e. The number of hydrogen-bond donors (Lipinski definition) is 0. The number of aromatic nitrogens is 4. The van der Waals surface area contributed by atoms with Gasteiger partial charge in [-0.25, -0.2) is 0 Å². The Morgan fingerprint density at radius 1 is 1.17 bits per heavy atom.